The molecule has 1 aliphatic carbocycles. The molecule has 2 rings (SSSR count). The first-order valence-electron chi connectivity index (χ1n) is 6.25. The normalized spacial score (nSPS) is 43.3. The van der Waals surface area contributed by atoms with E-state index in [1.54, 1.807) is 0 Å². The molecule has 14 heavy (non-hydrogen) atoms. The van der Waals surface area contributed by atoms with Crippen LogP contribution in [-0.4, -0.2) is 23.5 Å². The van der Waals surface area contributed by atoms with E-state index >= 15 is 0 Å². The molecule has 0 N–H and O–H groups in total. The SMILES string of the molecule is CC1CC(C)(C)N(C)C2CCCCC12. The maximum atomic E-state index is 2.66. The Labute approximate surface area is 88.9 Å². The van der Waals surface area contributed by atoms with Crippen LogP contribution in [0, 0.1) is 11.8 Å². The first-order valence-corrected chi connectivity index (χ1v) is 6.25. The minimum atomic E-state index is 0.428. The van der Waals surface area contributed by atoms with Crippen LogP contribution in [0.5, 0.6) is 0 Å². The summed E-state index contributed by atoms with van der Waals surface area (Å²) in [7, 11) is 2.34. The predicted octanol–water partition coefficient (Wildman–Crippen LogP) is 3.30. The summed E-state index contributed by atoms with van der Waals surface area (Å²) in [5.74, 6) is 1.92. The Morgan fingerprint density at radius 2 is 1.79 bits per heavy atom. The summed E-state index contributed by atoms with van der Waals surface area (Å²) in [5, 5.41) is 0. The molecule has 0 bridgehead atoms. The van der Waals surface area contributed by atoms with Gasteiger partial charge in [-0.05, 0) is 52.0 Å². The summed E-state index contributed by atoms with van der Waals surface area (Å²) in [4.78, 5) is 2.66. The minimum Gasteiger partial charge on any atom is -0.298 e. The van der Waals surface area contributed by atoms with Crippen molar-refractivity contribution in [3.63, 3.8) is 0 Å². The fourth-order valence-electron chi connectivity index (χ4n) is 3.82. The third-order valence-electron chi connectivity index (χ3n) is 4.79. The quantitative estimate of drug-likeness (QED) is 0.573. The van der Waals surface area contributed by atoms with E-state index in [2.05, 4.69) is 32.7 Å². The summed E-state index contributed by atoms with van der Waals surface area (Å²) < 4.78 is 0. The smallest absolute Gasteiger partial charge is 0.0155 e. The van der Waals surface area contributed by atoms with Gasteiger partial charge in [-0.25, -0.2) is 0 Å². The molecule has 0 aromatic rings. The van der Waals surface area contributed by atoms with Crippen molar-refractivity contribution in [2.45, 2.75) is 64.5 Å². The standard InChI is InChI=1S/C13H25N/c1-10-9-13(2,3)14(4)12-8-6-5-7-11(10)12/h10-12H,5-9H2,1-4H3. The molecule has 0 aromatic heterocycles. The Morgan fingerprint density at radius 1 is 1.14 bits per heavy atom. The lowest BCUT2D eigenvalue weighted by molar-refractivity contribution is -0.0402. The van der Waals surface area contributed by atoms with Crippen LogP contribution in [0.2, 0.25) is 0 Å². The molecule has 1 heteroatoms. The third kappa shape index (κ3) is 1.60. The maximum Gasteiger partial charge on any atom is 0.0155 e. The topological polar surface area (TPSA) is 3.24 Å². The number of rotatable bonds is 0. The first kappa shape index (κ1) is 10.5. The number of fused-ring (bicyclic) bond motifs is 1. The fourth-order valence-corrected chi connectivity index (χ4v) is 3.82. The van der Waals surface area contributed by atoms with Crippen molar-refractivity contribution >= 4 is 0 Å². The Hall–Kier alpha value is -0.0400. The van der Waals surface area contributed by atoms with Gasteiger partial charge in [-0.3, -0.25) is 4.90 Å². The molecule has 1 heterocycles. The Morgan fingerprint density at radius 3 is 2.50 bits per heavy atom. The lowest BCUT2D eigenvalue weighted by atomic mass is 9.68. The van der Waals surface area contributed by atoms with Gasteiger partial charge in [0.05, 0.1) is 0 Å². The van der Waals surface area contributed by atoms with E-state index in [4.69, 9.17) is 0 Å². The van der Waals surface area contributed by atoms with Crippen molar-refractivity contribution in [3.05, 3.63) is 0 Å². The molecule has 0 radical (unpaired) electrons. The van der Waals surface area contributed by atoms with E-state index in [9.17, 15) is 0 Å². The monoisotopic (exact) mass is 195 g/mol. The molecule has 0 spiro atoms. The van der Waals surface area contributed by atoms with Crippen LogP contribution in [0.25, 0.3) is 0 Å². The number of nitrogens with zero attached hydrogens (tertiary/aromatic N) is 1. The molecule has 2 fully saturated rings. The summed E-state index contributed by atoms with van der Waals surface area (Å²) in [6.45, 7) is 7.29. The van der Waals surface area contributed by atoms with Crippen molar-refractivity contribution in [2.75, 3.05) is 7.05 Å². The molecule has 1 nitrogen and oxygen atoms in total. The van der Waals surface area contributed by atoms with Gasteiger partial charge in [0.15, 0.2) is 0 Å². The van der Waals surface area contributed by atoms with Crippen molar-refractivity contribution < 1.29 is 0 Å². The van der Waals surface area contributed by atoms with Crippen LogP contribution in [0.3, 0.4) is 0 Å². The number of likely N-dealkylation sites (tertiary alicyclic amines) is 1. The zero-order valence-electron chi connectivity index (χ0n) is 10.2. The average Bonchev–Trinajstić information content (AvgIpc) is 2.14. The van der Waals surface area contributed by atoms with Crippen molar-refractivity contribution in [1.29, 1.82) is 0 Å². The van der Waals surface area contributed by atoms with E-state index in [1.165, 1.54) is 32.1 Å². The maximum absolute atomic E-state index is 2.66. The lowest BCUT2D eigenvalue weighted by Crippen LogP contribution is -2.57. The summed E-state index contributed by atoms with van der Waals surface area (Å²) in [6, 6.07) is 0.877. The zero-order valence-corrected chi connectivity index (χ0v) is 10.2. The van der Waals surface area contributed by atoms with E-state index in [0.29, 0.717) is 5.54 Å². The van der Waals surface area contributed by atoms with E-state index < -0.39 is 0 Å². The van der Waals surface area contributed by atoms with Crippen molar-refractivity contribution in [1.82, 2.24) is 4.90 Å². The van der Waals surface area contributed by atoms with E-state index in [0.717, 1.165) is 17.9 Å². The number of hydrogen-bond donors (Lipinski definition) is 0. The van der Waals surface area contributed by atoms with Crippen LogP contribution in [-0.2, 0) is 0 Å². The van der Waals surface area contributed by atoms with Crippen molar-refractivity contribution in [3.8, 4) is 0 Å². The van der Waals surface area contributed by atoms with E-state index in [1.807, 2.05) is 0 Å². The molecule has 0 amide bonds. The Bertz CT molecular complexity index is 207. The first-order chi connectivity index (χ1) is 6.52. The van der Waals surface area contributed by atoms with E-state index in [-0.39, 0.29) is 0 Å². The van der Waals surface area contributed by atoms with Gasteiger partial charge in [-0.2, -0.15) is 0 Å². The minimum absolute atomic E-state index is 0.428. The Balaban J connectivity index is 2.17. The highest BCUT2D eigenvalue weighted by atomic mass is 15.2. The van der Waals surface area contributed by atoms with Crippen LogP contribution < -0.4 is 0 Å². The molecule has 0 aromatic carbocycles. The molecule has 1 saturated carbocycles. The summed E-state index contributed by atoms with van der Waals surface area (Å²) in [5.41, 5.74) is 0.428. The number of hydrogen-bond acceptors (Lipinski definition) is 1. The highest BCUT2D eigenvalue weighted by molar-refractivity contribution is 4.97. The summed E-state index contributed by atoms with van der Waals surface area (Å²) in [6.07, 6.45) is 7.22. The van der Waals surface area contributed by atoms with Gasteiger partial charge in [-0.1, -0.05) is 19.8 Å². The molecule has 1 saturated heterocycles. The van der Waals surface area contributed by atoms with Gasteiger partial charge in [0.25, 0.3) is 0 Å². The van der Waals surface area contributed by atoms with Crippen LogP contribution >= 0.6 is 0 Å². The van der Waals surface area contributed by atoms with Gasteiger partial charge in [-0.15, -0.1) is 0 Å². The van der Waals surface area contributed by atoms with Crippen molar-refractivity contribution in [2.24, 2.45) is 11.8 Å². The van der Waals surface area contributed by atoms with Crippen LogP contribution in [0.1, 0.15) is 52.9 Å². The molecule has 1 aliphatic heterocycles. The second-order valence-corrected chi connectivity index (χ2v) is 6.12. The fraction of sp³-hybridized carbons (Fsp3) is 1.00. The second-order valence-electron chi connectivity index (χ2n) is 6.12. The van der Waals surface area contributed by atoms with Gasteiger partial charge >= 0.3 is 0 Å². The predicted molar refractivity (Wildman–Crippen MR) is 61.4 cm³/mol. The lowest BCUT2D eigenvalue weighted by Gasteiger charge is -2.54. The van der Waals surface area contributed by atoms with Gasteiger partial charge in [0.1, 0.15) is 0 Å². The van der Waals surface area contributed by atoms with Gasteiger partial charge < -0.3 is 0 Å². The molecular formula is C13H25N. The third-order valence-corrected chi connectivity index (χ3v) is 4.79. The highest BCUT2D eigenvalue weighted by Gasteiger charge is 2.43. The second kappa shape index (κ2) is 3.52. The zero-order chi connectivity index (χ0) is 10.3. The largest absolute Gasteiger partial charge is 0.298 e. The number of piperidine rings is 1. The van der Waals surface area contributed by atoms with Gasteiger partial charge in [0, 0.05) is 11.6 Å². The van der Waals surface area contributed by atoms with Gasteiger partial charge in [0.2, 0.25) is 0 Å². The molecule has 3 atom stereocenters. The molecule has 2 aliphatic rings. The highest BCUT2D eigenvalue weighted by Crippen LogP contribution is 2.44. The summed E-state index contributed by atoms with van der Waals surface area (Å²) >= 11 is 0. The Kier molecular flexibility index (Phi) is 2.63. The average molecular weight is 195 g/mol. The molecular weight excluding hydrogens is 170 g/mol. The molecule has 3 unspecified atom stereocenters. The van der Waals surface area contributed by atoms with Crippen LogP contribution in [0.4, 0.5) is 0 Å². The van der Waals surface area contributed by atoms with Crippen LogP contribution in [0.15, 0.2) is 0 Å². The molecule has 82 valence electrons.